The third kappa shape index (κ3) is 5.37. The predicted molar refractivity (Wildman–Crippen MR) is 167 cm³/mol. The second-order valence-electron chi connectivity index (χ2n) is 10.6. The monoisotopic (exact) mass is 632 g/mol. The third-order valence-corrected chi connectivity index (χ3v) is 10.1. The Balaban J connectivity index is 1.42. The molecule has 6 rings (SSSR count). The van der Waals surface area contributed by atoms with Crippen LogP contribution >= 0.6 is 0 Å². The Kier molecular flexibility index (Phi) is 8.08. The van der Waals surface area contributed by atoms with Gasteiger partial charge in [0, 0.05) is 47.2 Å². The number of amides is 2. The summed E-state index contributed by atoms with van der Waals surface area (Å²) >= 11 is 0. The summed E-state index contributed by atoms with van der Waals surface area (Å²) in [6.07, 6.45) is 0. The fourth-order valence-electron chi connectivity index (χ4n) is 6.01. The fourth-order valence-corrected chi connectivity index (χ4v) is 8.01. The Labute approximate surface area is 263 Å². The number of nitro groups is 1. The van der Waals surface area contributed by atoms with Gasteiger partial charge in [-0.05, 0) is 53.6 Å². The molecular formula is C33H24N6O6S. The normalized spacial score (nSPS) is 19.0. The van der Waals surface area contributed by atoms with Crippen LogP contribution < -0.4 is 0 Å². The van der Waals surface area contributed by atoms with E-state index in [0.717, 1.165) is 26.9 Å². The first-order valence-corrected chi connectivity index (χ1v) is 15.6. The number of nitro benzene ring substituents is 1. The highest BCUT2D eigenvalue weighted by Crippen LogP contribution is 2.46. The van der Waals surface area contributed by atoms with Crippen molar-refractivity contribution < 1.29 is 22.9 Å². The molecule has 1 fully saturated rings. The molecular weight excluding hydrogens is 608 g/mol. The summed E-state index contributed by atoms with van der Waals surface area (Å²) in [5.74, 6) is 4.36. The number of rotatable bonds is 8. The van der Waals surface area contributed by atoms with Gasteiger partial charge in [-0.3, -0.25) is 24.6 Å². The minimum atomic E-state index is -4.60. The van der Waals surface area contributed by atoms with E-state index in [4.69, 9.17) is 5.53 Å². The van der Waals surface area contributed by atoms with Gasteiger partial charge in [0.25, 0.3) is 27.5 Å². The van der Waals surface area contributed by atoms with Crippen LogP contribution in [0.4, 0.5) is 5.69 Å². The van der Waals surface area contributed by atoms with Crippen LogP contribution in [0.25, 0.3) is 10.4 Å². The number of benzene rings is 4. The number of carbonyl (C=O) groups excluding carboxylic acids is 2. The van der Waals surface area contributed by atoms with Crippen molar-refractivity contribution in [3.8, 4) is 11.8 Å². The van der Waals surface area contributed by atoms with Crippen molar-refractivity contribution in [1.82, 2.24) is 9.21 Å². The molecule has 228 valence electrons. The molecule has 0 aliphatic carbocycles. The van der Waals surface area contributed by atoms with E-state index in [1.807, 2.05) is 30.3 Å². The molecule has 0 radical (unpaired) electrons. The molecule has 12 nitrogen and oxygen atoms in total. The Morgan fingerprint density at radius 1 is 0.804 bits per heavy atom. The van der Waals surface area contributed by atoms with Crippen LogP contribution in [0.15, 0.2) is 113 Å². The molecule has 0 spiro atoms. The van der Waals surface area contributed by atoms with Gasteiger partial charge in [-0.15, -0.1) is 0 Å². The first kappa shape index (κ1) is 30.2. The topological polar surface area (TPSA) is 167 Å². The highest BCUT2D eigenvalue weighted by molar-refractivity contribution is 7.89. The summed E-state index contributed by atoms with van der Waals surface area (Å²) in [5.41, 5.74) is 11.1. The smallest absolute Gasteiger partial charge is 0.273 e. The third-order valence-electron chi connectivity index (χ3n) is 8.10. The van der Waals surface area contributed by atoms with Crippen molar-refractivity contribution in [1.29, 1.82) is 0 Å². The van der Waals surface area contributed by atoms with E-state index in [0.29, 0.717) is 11.1 Å². The summed E-state index contributed by atoms with van der Waals surface area (Å²) in [6, 6.07) is 25.7. The average Bonchev–Trinajstić information content (AvgIpc) is 3.30. The Bertz CT molecular complexity index is 2050. The Hall–Kier alpha value is -5.80. The van der Waals surface area contributed by atoms with Crippen LogP contribution in [-0.4, -0.2) is 59.5 Å². The van der Waals surface area contributed by atoms with Gasteiger partial charge in [-0.1, -0.05) is 71.6 Å². The van der Waals surface area contributed by atoms with Crippen LogP contribution in [0.2, 0.25) is 0 Å². The Morgan fingerprint density at radius 3 is 1.98 bits per heavy atom. The lowest BCUT2D eigenvalue weighted by Crippen LogP contribution is -2.68. The Morgan fingerprint density at radius 2 is 1.37 bits per heavy atom. The van der Waals surface area contributed by atoms with E-state index in [2.05, 4.69) is 21.9 Å². The molecule has 13 heteroatoms. The minimum absolute atomic E-state index is 0.198. The quantitative estimate of drug-likeness (QED) is 0.0497. The van der Waals surface area contributed by atoms with Gasteiger partial charge < -0.3 is 0 Å². The second-order valence-corrected chi connectivity index (χ2v) is 12.4. The molecule has 2 aliphatic rings. The number of imide groups is 1. The molecule has 2 amide bonds. The van der Waals surface area contributed by atoms with Crippen LogP contribution in [-0.2, 0) is 10.0 Å². The standard InChI is InChI=1S/C33H24N6O6S/c34-36-35-20-28-31(24-18-16-23(17-19-24)15-14-22-8-2-1-3-9-22)29(21-37-32(40)25-10-4-5-11-26(25)33(37)41)38(28)46(44,45)30-13-7-6-12-27(30)39(42)43/h1-13,16-19,28-29,31H,20-21H2/t28-,29+,31+/m0/s1. The van der Waals surface area contributed by atoms with Crippen molar-refractivity contribution >= 4 is 27.5 Å². The zero-order chi connectivity index (χ0) is 32.4. The van der Waals surface area contributed by atoms with Gasteiger partial charge in [0.1, 0.15) is 0 Å². The molecule has 2 heterocycles. The lowest BCUT2D eigenvalue weighted by Gasteiger charge is -2.54. The maximum Gasteiger partial charge on any atom is 0.289 e. The number of sulfonamides is 1. The molecule has 4 aromatic carbocycles. The fraction of sp³-hybridized carbons (Fsp3) is 0.152. The van der Waals surface area contributed by atoms with Gasteiger partial charge >= 0.3 is 0 Å². The average molecular weight is 633 g/mol. The molecule has 3 atom stereocenters. The van der Waals surface area contributed by atoms with Gasteiger partial charge in [0.2, 0.25) is 0 Å². The lowest BCUT2D eigenvalue weighted by atomic mass is 9.76. The maximum atomic E-state index is 14.2. The number of hydrogen-bond donors (Lipinski definition) is 0. The van der Waals surface area contributed by atoms with Crippen LogP contribution in [0.3, 0.4) is 0 Å². The van der Waals surface area contributed by atoms with E-state index < -0.39 is 55.3 Å². The lowest BCUT2D eigenvalue weighted by molar-refractivity contribution is -0.387. The van der Waals surface area contributed by atoms with Gasteiger partial charge in [-0.25, -0.2) is 8.42 Å². The number of fused-ring (bicyclic) bond motifs is 1. The largest absolute Gasteiger partial charge is 0.289 e. The molecule has 2 aliphatic heterocycles. The summed E-state index contributed by atoms with van der Waals surface area (Å²) in [4.78, 5) is 41.0. The molecule has 1 saturated heterocycles. The van der Waals surface area contributed by atoms with Crippen molar-refractivity contribution in [3.63, 3.8) is 0 Å². The van der Waals surface area contributed by atoms with Crippen LogP contribution in [0.1, 0.15) is 43.3 Å². The highest BCUT2D eigenvalue weighted by Gasteiger charge is 2.57. The number of carbonyl (C=O) groups is 2. The highest BCUT2D eigenvalue weighted by atomic mass is 32.2. The number of azide groups is 1. The van der Waals surface area contributed by atoms with Crippen molar-refractivity contribution in [2.45, 2.75) is 22.9 Å². The molecule has 0 unspecified atom stereocenters. The van der Waals surface area contributed by atoms with Crippen molar-refractivity contribution in [2.24, 2.45) is 5.11 Å². The zero-order valence-electron chi connectivity index (χ0n) is 24.0. The van der Waals surface area contributed by atoms with Gasteiger partial charge in [0.05, 0.1) is 22.1 Å². The SMILES string of the molecule is [N-]=[N+]=NC[C@H]1[C@@H](c2ccc(C#Cc3ccccc3)cc2)[C@@H](CN2C(=O)c3ccccc3C2=O)N1S(=O)(=O)c1ccccc1[N+](=O)[O-]. The van der Waals surface area contributed by atoms with Gasteiger partial charge in [0.15, 0.2) is 4.90 Å². The zero-order valence-corrected chi connectivity index (χ0v) is 24.8. The number of nitrogens with zero attached hydrogens (tertiary/aromatic N) is 6. The molecule has 0 saturated carbocycles. The van der Waals surface area contributed by atoms with E-state index in [1.165, 1.54) is 24.3 Å². The van der Waals surface area contributed by atoms with Crippen LogP contribution in [0.5, 0.6) is 0 Å². The van der Waals surface area contributed by atoms with E-state index in [-0.39, 0.29) is 24.2 Å². The number of para-hydroxylation sites is 1. The van der Waals surface area contributed by atoms with Crippen molar-refractivity contribution in [3.05, 3.63) is 152 Å². The predicted octanol–water partition coefficient (Wildman–Crippen LogP) is 5.13. The van der Waals surface area contributed by atoms with Gasteiger partial charge in [-0.2, -0.15) is 4.31 Å². The summed E-state index contributed by atoms with van der Waals surface area (Å²) in [5, 5.41) is 15.5. The number of hydrogen-bond acceptors (Lipinski definition) is 7. The van der Waals surface area contributed by atoms with E-state index >= 15 is 0 Å². The molecule has 0 N–H and O–H groups in total. The molecule has 0 bridgehead atoms. The first-order chi connectivity index (χ1) is 22.2. The van der Waals surface area contributed by atoms with Crippen LogP contribution in [0, 0.1) is 22.0 Å². The molecule has 4 aromatic rings. The maximum absolute atomic E-state index is 14.2. The summed E-state index contributed by atoms with van der Waals surface area (Å²) in [6.45, 7) is -0.631. The summed E-state index contributed by atoms with van der Waals surface area (Å²) in [7, 11) is -4.60. The van der Waals surface area contributed by atoms with E-state index in [1.54, 1.807) is 36.4 Å². The molecule has 46 heavy (non-hydrogen) atoms. The van der Waals surface area contributed by atoms with Crippen molar-refractivity contribution in [2.75, 3.05) is 13.1 Å². The van der Waals surface area contributed by atoms with E-state index in [9.17, 15) is 28.1 Å². The second kappa shape index (κ2) is 12.3. The molecule has 0 aromatic heterocycles. The first-order valence-electron chi connectivity index (χ1n) is 14.1. The summed E-state index contributed by atoms with van der Waals surface area (Å²) < 4.78 is 29.4. The minimum Gasteiger partial charge on any atom is -0.273 e.